The van der Waals surface area contributed by atoms with Gasteiger partial charge in [-0.25, -0.2) is 13.8 Å². The molecule has 0 bridgehead atoms. The summed E-state index contributed by atoms with van der Waals surface area (Å²) in [7, 11) is 0. The number of ketones is 1. The molecule has 0 spiro atoms. The Morgan fingerprint density at radius 3 is 2.69 bits per heavy atom. The van der Waals surface area contributed by atoms with Crippen LogP contribution in [0.1, 0.15) is 21.5 Å². The molecule has 35 heavy (non-hydrogen) atoms. The Morgan fingerprint density at radius 2 is 1.94 bits per heavy atom. The molecule has 3 heterocycles. The molecule has 0 saturated carbocycles. The van der Waals surface area contributed by atoms with Crippen LogP contribution in [-0.2, 0) is 12.8 Å². The highest BCUT2D eigenvalue weighted by Crippen LogP contribution is 2.30. The molecule has 0 atom stereocenters. The van der Waals surface area contributed by atoms with Gasteiger partial charge in [0.2, 0.25) is 11.8 Å². The Bertz CT molecular complexity index is 1500. The Labute approximate surface area is 197 Å². The van der Waals surface area contributed by atoms with Crippen LogP contribution in [0.2, 0.25) is 0 Å². The van der Waals surface area contributed by atoms with Crippen molar-refractivity contribution in [2.45, 2.75) is 12.8 Å². The van der Waals surface area contributed by atoms with Gasteiger partial charge in [0.05, 0.1) is 6.61 Å². The van der Waals surface area contributed by atoms with Crippen LogP contribution in [0.4, 0.5) is 14.7 Å². The molecule has 5 rings (SSSR count). The van der Waals surface area contributed by atoms with Gasteiger partial charge in [-0.3, -0.25) is 14.2 Å². The number of halogens is 2. The number of rotatable bonds is 6. The SMILES string of the molecule is Nc1nccc(Oc2ccc(CC(=O)c3c4c(cn(-c5ccc(F)cc5)c3=O)CCO4)cc2F)n1. The second kappa shape index (κ2) is 8.98. The highest BCUT2D eigenvalue weighted by Gasteiger charge is 2.27. The molecule has 0 fully saturated rings. The first-order valence-electron chi connectivity index (χ1n) is 10.6. The largest absolute Gasteiger partial charge is 0.492 e. The van der Waals surface area contributed by atoms with Crippen molar-refractivity contribution < 1.29 is 23.0 Å². The number of nitrogens with two attached hydrogens (primary N) is 1. The predicted octanol–water partition coefficient (Wildman–Crippen LogP) is 3.64. The summed E-state index contributed by atoms with van der Waals surface area (Å²) in [6.07, 6.45) is 3.25. The van der Waals surface area contributed by atoms with Gasteiger partial charge in [0, 0.05) is 42.6 Å². The quantitative estimate of drug-likeness (QED) is 0.423. The Morgan fingerprint density at radius 1 is 1.14 bits per heavy atom. The zero-order chi connectivity index (χ0) is 24.5. The van der Waals surface area contributed by atoms with Gasteiger partial charge in [-0.2, -0.15) is 4.98 Å². The van der Waals surface area contributed by atoms with Crippen LogP contribution in [-0.4, -0.2) is 26.9 Å². The molecule has 1 aliphatic heterocycles. The van der Waals surface area contributed by atoms with E-state index < -0.39 is 23.0 Å². The number of nitrogen functional groups attached to an aromatic ring is 1. The summed E-state index contributed by atoms with van der Waals surface area (Å²) in [5.74, 6) is -1.51. The van der Waals surface area contributed by atoms with Crippen molar-refractivity contribution in [1.29, 1.82) is 0 Å². The van der Waals surface area contributed by atoms with Gasteiger partial charge in [0.25, 0.3) is 5.56 Å². The number of pyridine rings is 1. The van der Waals surface area contributed by atoms with Crippen molar-refractivity contribution in [1.82, 2.24) is 14.5 Å². The zero-order valence-electron chi connectivity index (χ0n) is 18.2. The number of anilines is 1. The molecule has 2 aromatic carbocycles. The topological polar surface area (TPSA) is 109 Å². The van der Waals surface area contributed by atoms with E-state index in [1.807, 2.05) is 0 Å². The molecular weight excluding hydrogens is 458 g/mol. The van der Waals surface area contributed by atoms with Crippen LogP contribution in [0, 0.1) is 11.6 Å². The maximum Gasteiger partial charge on any atom is 0.269 e. The normalized spacial score (nSPS) is 12.2. The standard InChI is InChI=1S/C25H18F2N4O4/c26-16-2-4-17(5-3-16)31-13-15-8-10-34-23(15)22(24(31)33)19(32)12-14-1-6-20(18(27)11-14)35-21-7-9-29-25(28)30-21/h1-7,9,11,13H,8,10,12H2,(H2,28,29,30). The van der Waals surface area contributed by atoms with E-state index in [1.165, 1.54) is 53.2 Å². The van der Waals surface area contributed by atoms with Crippen molar-refractivity contribution in [2.24, 2.45) is 0 Å². The van der Waals surface area contributed by atoms with Crippen molar-refractivity contribution in [2.75, 3.05) is 12.3 Å². The van der Waals surface area contributed by atoms with Gasteiger partial charge in [-0.1, -0.05) is 6.07 Å². The van der Waals surface area contributed by atoms with E-state index in [0.717, 1.165) is 6.07 Å². The average Bonchev–Trinajstić information content (AvgIpc) is 3.29. The van der Waals surface area contributed by atoms with E-state index in [1.54, 1.807) is 6.20 Å². The number of benzene rings is 2. The fourth-order valence-electron chi connectivity index (χ4n) is 3.83. The first kappa shape index (κ1) is 22.2. The third-order valence-corrected chi connectivity index (χ3v) is 5.46. The summed E-state index contributed by atoms with van der Waals surface area (Å²) < 4.78 is 40.3. The summed E-state index contributed by atoms with van der Waals surface area (Å²) in [6, 6.07) is 10.8. The van der Waals surface area contributed by atoms with Gasteiger partial charge < -0.3 is 15.2 Å². The van der Waals surface area contributed by atoms with Crippen molar-refractivity contribution >= 4 is 11.7 Å². The molecule has 10 heteroatoms. The number of aromatic nitrogens is 3. The van der Waals surface area contributed by atoms with Crippen molar-refractivity contribution in [3.05, 3.63) is 99.6 Å². The number of hydrogen-bond acceptors (Lipinski definition) is 7. The smallest absolute Gasteiger partial charge is 0.269 e. The highest BCUT2D eigenvalue weighted by molar-refractivity contribution is 6.00. The van der Waals surface area contributed by atoms with Gasteiger partial charge in [-0.15, -0.1) is 0 Å². The first-order valence-corrected chi connectivity index (χ1v) is 10.6. The summed E-state index contributed by atoms with van der Waals surface area (Å²) in [4.78, 5) is 34.1. The number of nitrogens with zero attached hydrogens (tertiary/aromatic N) is 3. The molecule has 4 aromatic rings. The van der Waals surface area contributed by atoms with E-state index in [0.29, 0.717) is 29.8 Å². The van der Waals surface area contributed by atoms with Gasteiger partial charge >= 0.3 is 0 Å². The van der Waals surface area contributed by atoms with E-state index in [9.17, 15) is 18.4 Å². The minimum absolute atomic E-state index is 0.0194. The first-order chi connectivity index (χ1) is 16.9. The lowest BCUT2D eigenvalue weighted by atomic mass is 10.0. The molecule has 0 radical (unpaired) electrons. The minimum atomic E-state index is -0.717. The fourth-order valence-corrected chi connectivity index (χ4v) is 3.83. The van der Waals surface area contributed by atoms with Gasteiger partial charge in [-0.05, 0) is 42.0 Å². The maximum absolute atomic E-state index is 14.7. The number of fused-ring (bicyclic) bond motifs is 1. The second-order valence-corrected chi connectivity index (χ2v) is 7.83. The Hall–Kier alpha value is -4.60. The molecule has 2 N–H and O–H groups in total. The third-order valence-electron chi connectivity index (χ3n) is 5.46. The number of carbonyl (C=O) groups is 1. The van der Waals surface area contributed by atoms with Crippen LogP contribution in [0.5, 0.6) is 17.4 Å². The average molecular weight is 476 g/mol. The van der Waals surface area contributed by atoms with Crippen molar-refractivity contribution in [3.63, 3.8) is 0 Å². The third kappa shape index (κ3) is 4.45. The Balaban J connectivity index is 1.44. The lowest BCUT2D eigenvalue weighted by Crippen LogP contribution is -2.27. The summed E-state index contributed by atoms with van der Waals surface area (Å²) in [5, 5.41) is 0. The van der Waals surface area contributed by atoms with Gasteiger partial charge in [0.1, 0.15) is 17.1 Å². The second-order valence-electron chi connectivity index (χ2n) is 7.83. The molecule has 8 nitrogen and oxygen atoms in total. The van der Waals surface area contributed by atoms with E-state index in [4.69, 9.17) is 15.2 Å². The lowest BCUT2D eigenvalue weighted by Gasteiger charge is -2.13. The van der Waals surface area contributed by atoms with Gasteiger partial charge in [0.15, 0.2) is 17.3 Å². The van der Waals surface area contributed by atoms with Crippen LogP contribution in [0.3, 0.4) is 0 Å². The Kier molecular flexibility index (Phi) is 5.69. The van der Waals surface area contributed by atoms with Crippen molar-refractivity contribution in [3.8, 4) is 23.1 Å². The monoisotopic (exact) mass is 476 g/mol. The number of Topliss-reactive ketones (excluding diaryl/α,β-unsaturated/α-hetero) is 1. The van der Waals surface area contributed by atoms with E-state index in [2.05, 4.69) is 9.97 Å². The maximum atomic E-state index is 14.7. The molecule has 0 amide bonds. The van der Waals surface area contributed by atoms with Crippen LogP contribution < -0.4 is 20.8 Å². The molecule has 0 saturated heterocycles. The molecule has 1 aliphatic rings. The number of hydrogen-bond donors (Lipinski definition) is 1. The molecule has 0 unspecified atom stereocenters. The fraction of sp³-hybridized carbons (Fsp3) is 0.120. The van der Waals surface area contributed by atoms with Crippen LogP contribution in [0.15, 0.2) is 65.7 Å². The molecule has 0 aliphatic carbocycles. The number of ether oxygens (including phenoxy) is 2. The summed E-state index contributed by atoms with van der Waals surface area (Å²) in [5.41, 5.74) is 6.23. The van der Waals surface area contributed by atoms with Crippen LogP contribution in [0.25, 0.3) is 5.69 Å². The zero-order valence-corrected chi connectivity index (χ0v) is 18.2. The predicted molar refractivity (Wildman–Crippen MR) is 122 cm³/mol. The summed E-state index contributed by atoms with van der Waals surface area (Å²) >= 11 is 0. The molecule has 176 valence electrons. The van der Waals surface area contributed by atoms with E-state index >= 15 is 0 Å². The lowest BCUT2D eigenvalue weighted by molar-refractivity contribution is 0.0988. The number of carbonyl (C=O) groups excluding carboxylic acids is 1. The molecular formula is C25H18F2N4O4. The van der Waals surface area contributed by atoms with E-state index in [-0.39, 0.29) is 35.3 Å². The van der Waals surface area contributed by atoms with Crippen LogP contribution >= 0.6 is 0 Å². The minimum Gasteiger partial charge on any atom is -0.492 e. The molecule has 2 aromatic heterocycles. The summed E-state index contributed by atoms with van der Waals surface area (Å²) in [6.45, 7) is 0.330. The highest BCUT2D eigenvalue weighted by atomic mass is 19.1.